The summed E-state index contributed by atoms with van der Waals surface area (Å²) in [6.45, 7) is 4.42. The molecular formula is C20H28ClN2O9P. The van der Waals surface area contributed by atoms with E-state index in [1.807, 2.05) is 0 Å². The number of nitrogens with one attached hydrogen (secondary N) is 1. The van der Waals surface area contributed by atoms with Crippen LogP contribution in [0, 0.1) is 0 Å². The molecule has 11 nitrogen and oxygen atoms in total. The van der Waals surface area contributed by atoms with Crippen molar-refractivity contribution in [2.24, 2.45) is 5.73 Å². The normalized spacial score (nSPS) is 15.9. The summed E-state index contributed by atoms with van der Waals surface area (Å²) in [7, 11) is -3.35. The number of carbonyl (C=O) groups is 2. The number of rotatable bonds is 8. The lowest BCUT2D eigenvalue weighted by molar-refractivity contribution is -0.139. The quantitative estimate of drug-likeness (QED) is 0.195. The van der Waals surface area contributed by atoms with Crippen molar-refractivity contribution < 1.29 is 43.0 Å². The summed E-state index contributed by atoms with van der Waals surface area (Å²) in [5, 5.41) is 3.52. The van der Waals surface area contributed by atoms with Gasteiger partial charge in [0, 0.05) is 17.3 Å². The summed E-state index contributed by atoms with van der Waals surface area (Å²) in [6.07, 6.45) is 0. The highest BCUT2D eigenvalue weighted by Crippen LogP contribution is 2.41. The standard InChI is InChI=1S/C20H25ClN2O5.H3O4P/c1-4-28-20(25)18-15(11-27-10-9-22)23-12(2)16(19(24)26-3)17(18)13-7-5-6-8-14(13)21;1-5(2,3)4/h5-8,17,23H,4,9-11,22H2,1-3H3;(H3,1,2,3,4)/t17-;/m0./s1. The number of halogens is 1. The molecular weight excluding hydrogens is 479 g/mol. The Hall–Kier alpha value is -2.24. The molecule has 1 aliphatic heterocycles. The van der Waals surface area contributed by atoms with Gasteiger partial charge in [-0.25, -0.2) is 14.2 Å². The van der Waals surface area contributed by atoms with Gasteiger partial charge in [0.1, 0.15) is 0 Å². The van der Waals surface area contributed by atoms with Crippen molar-refractivity contribution in [3.05, 3.63) is 57.4 Å². The van der Waals surface area contributed by atoms with E-state index in [1.165, 1.54) is 7.11 Å². The zero-order chi connectivity index (χ0) is 25.2. The third kappa shape index (κ3) is 8.90. The third-order valence-corrected chi connectivity index (χ3v) is 4.61. The van der Waals surface area contributed by atoms with Crippen LogP contribution in [0.3, 0.4) is 0 Å². The maximum atomic E-state index is 12.9. The molecule has 6 N–H and O–H groups in total. The molecule has 0 fully saturated rings. The van der Waals surface area contributed by atoms with E-state index in [9.17, 15) is 9.59 Å². The molecule has 1 aromatic rings. The zero-order valence-corrected chi connectivity index (χ0v) is 20.1. The number of phosphoric acid groups is 1. The predicted molar refractivity (Wildman–Crippen MR) is 120 cm³/mol. The predicted octanol–water partition coefficient (Wildman–Crippen LogP) is 1.34. The largest absolute Gasteiger partial charge is 0.466 e. The molecule has 0 saturated carbocycles. The third-order valence-electron chi connectivity index (χ3n) is 4.27. The number of dihydropyridines is 1. The van der Waals surface area contributed by atoms with Crippen LogP contribution in [0.5, 0.6) is 0 Å². The van der Waals surface area contributed by atoms with E-state index in [2.05, 4.69) is 5.32 Å². The summed E-state index contributed by atoms with van der Waals surface area (Å²) in [4.78, 5) is 47.0. The molecule has 2 rings (SSSR count). The average molecular weight is 507 g/mol. The number of esters is 2. The number of carbonyl (C=O) groups excluding carboxylic acids is 2. The van der Waals surface area contributed by atoms with Crippen molar-refractivity contribution in [2.45, 2.75) is 19.8 Å². The average Bonchev–Trinajstić information content (AvgIpc) is 2.72. The summed E-state index contributed by atoms with van der Waals surface area (Å²) >= 11 is 6.42. The molecule has 1 atom stereocenters. The highest BCUT2D eigenvalue weighted by molar-refractivity contribution is 7.45. The Morgan fingerprint density at radius 1 is 1.18 bits per heavy atom. The monoisotopic (exact) mass is 506 g/mol. The fourth-order valence-electron chi connectivity index (χ4n) is 3.12. The molecule has 184 valence electrons. The molecule has 0 aromatic heterocycles. The fraction of sp³-hybridized carbons (Fsp3) is 0.400. The first-order valence-corrected chi connectivity index (χ1v) is 11.7. The van der Waals surface area contributed by atoms with Gasteiger partial charge in [0.25, 0.3) is 0 Å². The SMILES string of the molecule is CCOC(=O)C1=C(COCCN)NC(C)=C(C(=O)OC)[C@@H]1c1ccccc1Cl.O=P(O)(O)O. The highest BCUT2D eigenvalue weighted by atomic mass is 35.5. The number of methoxy groups -OCH3 is 1. The van der Waals surface area contributed by atoms with Crippen LogP contribution in [-0.2, 0) is 28.4 Å². The van der Waals surface area contributed by atoms with Crippen LogP contribution in [0.2, 0.25) is 5.02 Å². The van der Waals surface area contributed by atoms with Crippen molar-refractivity contribution in [2.75, 3.05) is 33.5 Å². The topological polar surface area (TPSA) is 178 Å². The van der Waals surface area contributed by atoms with E-state index in [4.69, 9.17) is 50.8 Å². The number of ether oxygens (including phenoxy) is 3. The van der Waals surface area contributed by atoms with E-state index < -0.39 is 25.7 Å². The second-order valence-electron chi connectivity index (χ2n) is 6.58. The van der Waals surface area contributed by atoms with Gasteiger partial charge in [0.15, 0.2) is 0 Å². The summed E-state index contributed by atoms with van der Waals surface area (Å²) in [5.41, 5.74) is 7.70. The van der Waals surface area contributed by atoms with Gasteiger partial charge in [-0.15, -0.1) is 0 Å². The van der Waals surface area contributed by atoms with E-state index >= 15 is 0 Å². The Morgan fingerprint density at radius 3 is 2.30 bits per heavy atom. The Balaban J connectivity index is 0.000000981. The van der Waals surface area contributed by atoms with Gasteiger partial charge in [0.2, 0.25) is 0 Å². The van der Waals surface area contributed by atoms with Crippen LogP contribution in [0.1, 0.15) is 25.3 Å². The van der Waals surface area contributed by atoms with Crippen molar-refractivity contribution in [1.82, 2.24) is 5.32 Å². The maximum Gasteiger partial charge on any atom is 0.466 e. The maximum absolute atomic E-state index is 12.9. The van der Waals surface area contributed by atoms with Gasteiger partial charge < -0.3 is 39.9 Å². The lowest BCUT2D eigenvalue weighted by Crippen LogP contribution is -2.35. The van der Waals surface area contributed by atoms with Gasteiger partial charge in [-0.3, -0.25) is 0 Å². The lowest BCUT2D eigenvalue weighted by atomic mass is 9.80. The van der Waals surface area contributed by atoms with E-state index in [-0.39, 0.29) is 18.8 Å². The molecule has 1 aromatic carbocycles. The van der Waals surface area contributed by atoms with Crippen molar-refractivity contribution in [3.8, 4) is 0 Å². The highest BCUT2D eigenvalue weighted by Gasteiger charge is 2.39. The van der Waals surface area contributed by atoms with Crippen LogP contribution >= 0.6 is 19.4 Å². The van der Waals surface area contributed by atoms with Crippen LogP contribution in [0.15, 0.2) is 46.8 Å². The van der Waals surface area contributed by atoms with E-state index in [0.29, 0.717) is 40.7 Å². The van der Waals surface area contributed by atoms with Crippen LogP contribution in [0.4, 0.5) is 0 Å². The van der Waals surface area contributed by atoms with Crippen LogP contribution in [0.25, 0.3) is 0 Å². The minimum absolute atomic E-state index is 0.109. The van der Waals surface area contributed by atoms with Gasteiger partial charge >= 0.3 is 19.8 Å². The number of hydrogen-bond donors (Lipinski definition) is 5. The Labute approximate surface area is 196 Å². The van der Waals surface area contributed by atoms with Crippen LogP contribution in [-0.4, -0.2) is 60.1 Å². The minimum Gasteiger partial charge on any atom is -0.466 e. The Morgan fingerprint density at radius 2 is 1.79 bits per heavy atom. The summed E-state index contributed by atoms with van der Waals surface area (Å²) in [6, 6.07) is 7.05. The number of hydrogen-bond acceptors (Lipinski definition) is 8. The molecule has 0 aliphatic carbocycles. The zero-order valence-electron chi connectivity index (χ0n) is 18.4. The molecule has 0 amide bonds. The molecule has 0 saturated heterocycles. The van der Waals surface area contributed by atoms with Crippen LogP contribution < -0.4 is 11.1 Å². The lowest BCUT2D eigenvalue weighted by Gasteiger charge is -2.31. The van der Waals surface area contributed by atoms with Crippen molar-refractivity contribution >= 4 is 31.4 Å². The first-order chi connectivity index (χ1) is 15.5. The Bertz CT molecular complexity index is 950. The van der Waals surface area contributed by atoms with Gasteiger partial charge in [-0.1, -0.05) is 29.8 Å². The number of allylic oxidation sites excluding steroid dienone is 1. The molecule has 0 spiro atoms. The molecule has 0 unspecified atom stereocenters. The fourth-order valence-corrected chi connectivity index (χ4v) is 3.36. The smallest absolute Gasteiger partial charge is 0.466 e. The molecule has 1 aliphatic rings. The van der Waals surface area contributed by atoms with Crippen molar-refractivity contribution in [3.63, 3.8) is 0 Å². The first kappa shape index (κ1) is 28.8. The second-order valence-corrected chi connectivity index (χ2v) is 8.01. The van der Waals surface area contributed by atoms with Gasteiger partial charge in [0.05, 0.1) is 49.7 Å². The molecule has 1 heterocycles. The van der Waals surface area contributed by atoms with E-state index in [1.54, 1.807) is 38.1 Å². The molecule has 0 bridgehead atoms. The minimum atomic E-state index is -4.64. The number of benzene rings is 1. The molecule has 0 radical (unpaired) electrons. The summed E-state index contributed by atoms with van der Waals surface area (Å²) in [5.74, 6) is -1.86. The van der Waals surface area contributed by atoms with Gasteiger partial charge in [-0.2, -0.15) is 0 Å². The first-order valence-electron chi connectivity index (χ1n) is 9.72. The molecule has 13 heteroatoms. The van der Waals surface area contributed by atoms with Crippen molar-refractivity contribution in [1.29, 1.82) is 0 Å². The Kier molecular flexibility index (Phi) is 11.7. The molecule has 33 heavy (non-hydrogen) atoms. The van der Waals surface area contributed by atoms with E-state index in [0.717, 1.165) is 0 Å². The van der Waals surface area contributed by atoms with Gasteiger partial charge in [-0.05, 0) is 25.5 Å². The summed E-state index contributed by atoms with van der Waals surface area (Å²) < 4.78 is 24.7. The number of nitrogens with two attached hydrogens (primary N) is 1. The second kappa shape index (κ2) is 13.5.